The molecule has 9 N–H and O–H groups in total. The predicted octanol–water partition coefficient (Wildman–Crippen LogP) is -0.602. The summed E-state index contributed by atoms with van der Waals surface area (Å²) in [6, 6.07) is 6.99. The van der Waals surface area contributed by atoms with Gasteiger partial charge in [0, 0.05) is 6.42 Å². The molecule has 0 aliphatic rings. The van der Waals surface area contributed by atoms with E-state index in [1.165, 1.54) is 36.4 Å². The van der Waals surface area contributed by atoms with Crippen LogP contribution in [0.1, 0.15) is 25.0 Å². The van der Waals surface area contributed by atoms with E-state index in [1.807, 2.05) is 0 Å². The van der Waals surface area contributed by atoms with Gasteiger partial charge in [-0.1, -0.05) is 38.1 Å². The molecule has 0 aliphatic heterocycles. The number of nitrogens with two attached hydrogens (primary N) is 1. The van der Waals surface area contributed by atoms with Gasteiger partial charge in [0.2, 0.25) is 17.7 Å². The SMILES string of the molecule is CC(C)C(NC(=O)C(N)Cc1ccc(O)cc1)C(=O)NC(CO)C(=O)NC(Cc1ccc(O)cc1)C(=O)O. The molecule has 0 spiro atoms. The molecule has 206 valence electrons. The second-order valence-electron chi connectivity index (χ2n) is 9.22. The van der Waals surface area contributed by atoms with Crippen molar-refractivity contribution in [1.29, 1.82) is 0 Å². The number of amides is 3. The van der Waals surface area contributed by atoms with E-state index in [1.54, 1.807) is 26.0 Å². The quantitative estimate of drug-likeness (QED) is 0.166. The highest BCUT2D eigenvalue weighted by Gasteiger charge is 2.31. The van der Waals surface area contributed by atoms with E-state index in [9.17, 15) is 39.6 Å². The first kappa shape index (κ1) is 30.1. The first-order chi connectivity index (χ1) is 17.9. The van der Waals surface area contributed by atoms with Gasteiger partial charge in [0.25, 0.3) is 0 Å². The normalized spacial score (nSPS) is 14.1. The number of aliphatic carboxylic acids is 1. The average molecular weight is 531 g/mol. The number of carboxylic acids is 1. The van der Waals surface area contributed by atoms with Crippen LogP contribution in [0.3, 0.4) is 0 Å². The second kappa shape index (κ2) is 14.0. The summed E-state index contributed by atoms with van der Waals surface area (Å²) < 4.78 is 0. The number of benzene rings is 2. The van der Waals surface area contributed by atoms with Crippen LogP contribution in [0.5, 0.6) is 11.5 Å². The van der Waals surface area contributed by atoms with Crippen LogP contribution in [0.15, 0.2) is 48.5 Å². The fourth-order valence-electron chi connectivity index (χ4n) is 3.57. The fourth-order valence-corrected chi connectivity index (χ4v) is 3.57. The molecule has 3 amide bonds. The van der Waals surface area contributed by atoms with Gasteiger partial charge in [-0.2, -0.15) is 0 Å². The summed E-state index contributed by atoms with van der Waals surface area (Å²) in [7, 11) is 0. The lowest BCUT2D eigenvalue weighted by Gasteiger charge is -2.26. The molecule has 12 nitrogen and oxygen atoms in total. The van der Waals surface area contributed by atoms with Crippen molar-refractivity contribution in [2.24, 2.45) is 11.7 Å². The minimum absolute atomic E-state index is 0.000764. The van der Waals surface area contributed by atoms with E-state index in [-0.39, 0.29) is 24.3 Å². The maximum atomic E-state index is 12.9. The third-order valence-electron chi connectivity index (χ3n) is 5.78. The number of rotatable bonds is 13. The van der Waals surface area contributed by atoms with Crippen LogP contribution >= 0.6 is 0 Å². The molecule has 0 fully saturated rings. The number of carbonyl (C=O) groups excluding carboxylic acids is 3. The van der Waals surface area contributed by atoms with Crippen molar-refractivity contribution in [1.82, 2.24) is 16.0 Å². The van der Waals surface area contributed by atoms with Gasteiger partial charge in [0.05, 0.1) is 12.6 Å². The number of aliphatic hydroxyl groups excluding tert-OH is 1. The lowest BCUT2D eigenvalue weighted by Crippen LogP contribution is -2.59. The van der Waals surface area contributed by atoms with Crippen molar-refractivity contribution in [3.05, 3.63) is 59.7 Å². The Kier molecular flexibility index (Phi) is 11.0. The van der Waals surface area contributed by atoms with E-state index in [0.717, 1.165) is 0 Å². The van der Waals surface area contributed by atoms with Gasteiger partial charge in [0.1, 0.15) is 29.6 Å². The Morgan fingerprint density at radius 3 is 1.66 bits per heavy atom. The first-order valence-electron chi connectivity index (χ1n) is 12.0. The monoisotopic (exact) mass is 530 g/mol. The summed E-state index contributed by atoms with van der Waals surface area (Å²) in [5, 5.41) is 45.2. The molecule has 38 heavy (non-hydrogen) atoms. The summed E-state index contributed by atoms with van der Waals surface area (Å²) in [5.41, 5.74) is 7.22. The minimum Gasteiger partial charge on any atom is -0.508 e. The zero-order chi connectivity index (χ0) is 28.4. The molecule has 4 atom stereocenters. The van der Waals surface area contributed by atoms with Crippen LogP contribution in [-0.2, 0) is 32.0 Å². The number of carbonyl (C=O) groups is 4. The summed E-state index contributed by atoms with van der Waals surface area (Å²) in [5.74, 6) is -3.97. The van der Waals surface area contributed by atoms with Crippen molar-refractivity contribution in [3.63, 3.8) is 0 Å². The molecule has 0 heterocycles. The third-order valence-corrected chi connectivity index (χ3v) is 5.78. The minimum atomic E-state index is -1.48. The second-order valence-corrected chi connectivity index (χ2v) is 9.22. The smallest absolute Gasteiger partial charge is 0.326 e. The Balaban J connectivity index is 2.02. The van der Waals surface area contributed by atoms with Gasteiger partial charge >= 0.3 is 5.97 Å². The molecule has 12 heteroatoms. The van der Waals surface area contributed by atoms with Crippen molar-refractivity contribution in [2.45, 2.75) is 50.9 Å². The lowest BCUT2D eigenvalue weighted by atomic mass is 10.0. The molecule has 0 bridgehead atoms. The number of aromatic hydroxyl groups is 2. The topological polar surface area (TPSA) is 211 Å². The highest BCUT2D eigenvalue weighted by atomic mass is 16.4. The largest absolute Gasteiger partial charge is 0.508 e. The number of carboxylic acid groups (broad SMARTS) is 1. The number of hydrogen-bond donors (Lipinski definition) is 8. The molecule has 0 aliphatic carbocycles. The van der Waals surface area contributed by atoms with Gasteiger partial charge in [0.15, 0.2) is 0 Å². The van der Waals surface area contributed by atoms with Crippen LogP contribution in [0.2, 0.25) is 0 Å². The lowest BCUT2D eigenvalue weighted by molar-refractivity contribution is -0.142. The molecule has 4 unspecified atom stereocenters. The van der Waals surface area contributed by atoms with Crippen LogP contribution < -0.4 is 21.7 Å². The molecule has 0 saturated carbocycles. The van der Waals surface area contributed by atoms with Crippen LogP contribution in [0, 0.1) is 5.92 Å². The Labute approximate surface area is 219 Å². The fraction of sp³-hybridized carbons (Fsp3) is 0.385. The standard InChI is InChI=1S/C26H34N4O8/c1-14(2)22(30-23(34)19(27)11-15-3-7-17(32)8-4-15)25(36)29-21(13-31)24(35)28-20(26(37)38)12-16-5-9-18(33)10-6-16/h3-10,14,19-22,31-33H,11-13,27H2,1-2H3,(H,28,35)(H,29,36)(H,30,34)(H,37,38). The van der Waals surface area contributed by atoms with Gasteiger partial charge in [-0.05, 0) is 47.7 Å². The van der Waals surface area contributed by atoms with Crippen LogP contribution in [0.25, 0.3) is 0 Å². The van der Waals surface area contributed by atoms with Crippen molar-refractivity contribution >= 4 is 23.7 Å². The molecule has 0 aromatic heterocycles. The highest BCUT2D eigenvalue weighted by molar-refractivity contribution is 5.94. The number of aliphatic hydroxyl groups is 1. The van der Waals surface area contributed by atoms with Crippen molar-refractivity contribution in [2.75, 3.05) is 6.61 Å². The number of phenols is 2. The summed E-state index contributed by atoms with van der Waals surface area (Å²) >= 11 is 0. The van der Waals surface area contributed by atoms with Gasteiger partial charge in [-0.25, -0.2) is 4.79 Å². The molecule has 0 radical (unpaired) electrons. The molecule has 2 aromatic carbocycles. The third kappa shape index (κ3) is 9.05. The van der Waals surface area contributed by atoms with E-state index in [2.05, 4.69) is 16.0 Å². The number of phenolic OH excluding ortho intramolecular Hbond substituents is 2. The highest BCUT2D eigenvalue weighted by Crippen LogP contribution is 2.13. The average Bonchev–Trinajstić information content (AvgIpc) is 2.87. The number of hydrogen-bond acceptors (Lipinski definition) is 8. The molecule has 2 rings (SSSR count). The molecule has 2 aromatic rings. The predicted molar refractivity (Wildman–Crippen MR) is 137 cm³/mol. The maximum absolute atomic E-state index is 12.9. The molecular formula is C26H34N4O8. The summed E-state index contributed by atoms with van der Waals surface area (Å²) in [6.45, 7) is 2.52. The Morgan fingerprint density at radius 2 is 1.21 bits per heavy atom. The molecule has 0 saturated heterocycles. The Hall–Kier alpha value is -4.16. The summed E-state index contributed by atoms with van der Waals surface area (Å²) in [4.78, 5) is 50.0. The van der Waals surface area contributed by atoms with Crippen LogP contribution in [-0.4, -0.2) is 74.9 Å². The zero-order valence-corrected chi connectivity index (χ0v) is 21.1. The Bertz CT molecular complexity index is 1110. The molecular weight excluding hydrogens is 496 g/mol. The van der Waals surface area contributed by atoms with E-state index in [4.69, 9.17) is 5.73 Å². The van der Waals surface area contributed by atoms with E-state index in [0.29, 0.717) is 11.1 Å². The summed E-state index contributed by atoms with van der Waals surface area (Å²) in [6.07, 6.45) is 0.0505. The van der Waals surface area contributed by atoms with Crippen molar-refractivity contribution < 1.29 is 39.6 Å². The van der Waals surface area contributed by atoms with E-state index >= 15 is 0 Å². The van der Waals surface area contributed by atoms with Crippen molar-refractivity contribution in [3.8, 4) is 11.5 Å². The zero-order valence-electron chi connectivity index (χ0n) is 21.1. The first-order valence-corrected chi connectivity index (χ1v) is 12.0. The van der Waals surface area contributed by atoms with E-state index < -0.39 is 60.4 Å². The number of nitrogens with one attached hydrogen (secondary N) is 3. The van der Waals surface area contributed by atoms with Crippen LogP contribution in [0.4, 0.5) is 0 Å². The van der Waals surface area contributed by atoms with Gasteiger partial charge in [-0.15, -0.1) is 0 Å². The maximum Gasteiger partial charge on any atom is 0.326 e. The Morgan fingerprint density at radius 1 is 0.737 bits per heavy atom. The van der Waals surface area contributed by atoms with Gasteiger partial charge in [-0.3, -0.25) is 14.4 Å². The van der Waals surface area contributed by atoms with Gasteiger partial charge < -0.3 is 42.1 Å².